The third kappa shape index (κ3) is 5.30. The summed E-state index contributed by atoms with van der Waals surface area (Å²) in [6, 6.07) is 4.94. The molecule has 0 aliphatic carbocycles. The number of sulfone groups is 1. The van der Waals surface area contributed by atoms with Crippen LogP contribution >= 0.6 is 11.6 Å². The van der Waals surface area contributed by atoms with Gasteiger partial charge in [-0.05, 0) is 19.1 Å². The van der Waals surface area contributed by atoms with Crippen molar-refractivity contribution in [1.29, 1.82) is 0 Å². The lowest BCUT2D eigenvalue weighted by Gasteiger charge is -2.22. The number of rotatable bonds is 11. The van der Waals surface area contributed by atoms with E-state index in [-0.39, 0.29) is 23.2 Å². The molecule has 11 nitrogen and oxygen atoms in total. The van der Waals surface area contributed by atoms with Gasteiger partial charge in [-0.25, -0.2) is 18.4 Å². The smallest absolute Gasteiger partial charge is 0.163 e. The van der Waals surface area contributed by atoms with E-state index in [1.54, 1.807) is 18.2 Å². The Balaban J connectivity index is 2.08. The summed E-state index contributed by atoms with van der Waals surface area (Å²) < 4.78 is 71.8. The summed E-state index contributed by atoms with van der Waals surface area (Å²) in [6.07, 6.45) is 1.69. The van der Waals surface area contributed by atoms with E-state index in [4.69, 9.17) is 34.7 Å². The molecule has 0 fully saturated rings. The molecule has 0 radical (unpaired) electrons. The van der Waals surface area contributed by atoms with Crippen LogP contribution in [0.15, 0.2) is 30.6 Å². The molecule has 184 valence electrons. The van der Waals surface area contributed by atoms with Crippen molar-refractivity contribution in [2.24, 2.45) is 0 Å². The Labute approximate surface area is 207 Å². The molecule has 0 bridgehead atoms. The normalized spacial score (nSPS) is 15.1. The number of aromatic nitrogens is 5. The van der Waals surface area contributed by atoms with Gasteiger partial charge in [-0.2, -0.15) is 0 Å². The molecule has 2 atom stereocenters. The molecule has 0 unspecified atom stereocenters. The number of methoxy groups -OCH3 is 4. The van der Waals surface area contributed by atoms with Gasteiger partial charge in [0.1, 0.15) is 35.7 Å². The predicted molar refractivity (Wildman–Crippen MR) is 124 cm³/mol. The van der Waals surface area contributed by atoms with Crippen molar-refractivity contribution in [3.63, 3.8) is 0 Å². The number of ether oxygens (including phenoxy) is 4. The van der Waals surface area contributed by atoms with E-state index in [1.165, 1.54) is 45.2 Å². The summed E-state index contributed by atoms with van der Waals surface area (Å²) >= 11 is 5.85. The van der Waals surface area contributed by atoms with E-state index < -0.39 is 40.6 Å². The zero-order valence-corrected chi connectivity index (χ0v) is 20.5. The number of hydrogen-bond acceptors (Lipinski definition) is 10. The van der Waals surface area contributed by atoms with Crippen molar-refractivity contribution in [2.75, 3.05) is 28.4 Å². The minimum absolute atomic E-state index is 0.0225. The molecule has 0 spiro atoms. The summed E-state index contributed by atoms with van der Waals surface area (Å²) in [5, 5.41) is 7.25. The fraction of sp³-hybridized carbons (Fsp3) is 0.429. The van der Waals surface area contributed by atoms with Gasteiger partial charge in [0.2, 0.25) is 0 Å². The number of para-hydroxylation sites is 1. The lowest BCUT2D eigenvalue weighted by atomic mass is 10.2. The van der Waals surface area contributed by atoms with Gasteiger partial charge in [0.25, 0.3) is 0 Å². The van der Waals surface area contributed by atoms with Crippen LogP contribution in [0.3, 0.4) is 0 Å². The van der Waals surface area contributed by atoms with E-state index in [0.29, 0.717) is 16.5 Å². The average molecular weight is 515 g/mol. The van der Waals surface area contributed by atoms with Gasteiger partial charge in [-0.15, -0.1) is 10.2 Å². The molecule has 13 heteroatoms. The molecule has 1 aromatic carbocycles. The molecule has 0 aliphatic rings. The predicted octanol–water partition coefficient (Wildman–Crippen LogP) is 2.57. The Morgan fingerprint density at radius 3 is 2.26 bits per heavy atom. The van der Waals surface area contributed by atoms with Crippen molar-refractivity contribution >= 4 is 21.4 Å². The minimum atomic E-state index is -3.98. The zero-order chi connectivity index (χ0) is 27.4. The molecule has 0 N–H and O–H groups in total. The van der Waals surface area contributed by atoms with E-state index >= 15 is 0 Å². The zero-order valence-electron chi connectivity index (χ0n) is 21.9. The molecule has 2 aromatic heterocycles. The molecular formula is C21H26ClN5O6S. The molecule has 0 aliphatic heterocycles. The largest absolute Gasteiger partial charge is 0.494 e. The highest BCUT2D eigenvalue weighted by Crippen LogP contribution is 2.35. The van der Waals surface area contributed by atoms with Crippen LogP contribution in [0.1, 0.15) is 34.6 Å². The topological polar surface area (TPSA) is 128 Å². The second-order valence-electron chi connectivity index (χ2n) is 7.10. The number of nitrogens with zero attached hydrogens (tertiary/aromatic N) is 5. The summed E-state index contributed by atoms with van der Waals surface area (Å²) in [5.41, 5.74) is 0.281. The molecule has 0 saturated carbocycles. The van der Waals surface area contributed by atoms with Crippen LogP contribution in [0.25, 0.3) is 5.69 Å². The Morgan fingerprint density at radius 2 is 1.71 bits per heavy atom. The third-order valence-electron chi connectivity index (χ3n) is 5.10. The second kappa shape index (κ2) is 11.1. The average Bonchev–Trinajstić information content (AvgIpc) is 3.24. The lowest BCUT2D eigenvalue weighted by molar-refractivity contribution is 0.0948. The van der Waals surface area contributed by atoms with Gasteiger partial charge in [0.05, 0.1) is 28.6 Å². The first-order valence-corrected chi connectivity index (χ1v) is 12.0. The maximum absolute atomic E-state index is 13.5. The van der Waals surface area contributed by atoms with Gasteiger partial charge in [-0.3, -0.25) is 4.57 Å². The van der Waals surface area contributed by atoms with Crippen LogP contribution in [0, 0.1) is 0 Å². The summed E-state index contributed by atoms with van der Waals surface area (Å²) in [5.74, 6) is 0.175. The first kappa shape index (κ1) is 21.7. The lowest BCUT2D eigenvalue weighted by Crippen LogP contribution is -2.30. The van der Waals surface area contributed by atoms with Crippen molar-refractivity contribution in [3.8, 4) is 17.2 Å². The third-order valence-corrected chi connectivity index (χ3v) is 7.33. The van der Waals surface area contributed by atoms with Crippen molar-refractivity contribution < 1.29 is 31.5 Å². The minimum Gasteiger partial charge on any atom is -0.494 e. The molecule has 2 heterocycles. The summed E-state index contributed by atoms with van der Waals surface area (Å²) in [7, 11) is -2.49. The maximum Gasteiger partial charge on any atom is 0.163 e. The van der Waals surface area contributed by atoms with Crippen LogP contribution < -0.4 is 9.47 Å². The van der Waals surface area contributed by atoms with Crippen LogP contribution in [0.4, 0.5) is 0 Å². The second-order valence-corrected chi connectivity index (χ2v) is 9.89. The van der Waals surface area contributed by atoms with Gasteiger partial charge in [0, 0.05) is 26.5 Å². The number of benzene rings is 1. The highest BCUT2D eigenvalue weighted by atomic mass is 35.5. The fourth-order valence-corrected chi connectivity index (χ4v) is 4.91. The molecule has 34 heavy (non-hydrogen) atoms. The monoisotopic (exact) mass is 514 g/mol. The SMILES string of the molecule is [2H]C([2H])([2H])OCc1nnc(CS(=O)(=O)[C@@H](C)[C@H](OC)c2ncc(Cl)cn2)n1-c1c(OC)cccc1OC. The van der Waals surface area contributed by atoms with Crippen LogP contribution in [0.2, 0.25) is 5.02 Å². The first-order chi connectivity index (χ1) is 17.4. The first-order valence-electron chi connectivity index (χ1n) is 11.4. The summed E-state index contributed by atoms with van der Waals surface area (Å²) in [4.78, 5) is 8.17. The quantitative estimate of drug-likeness (QED) is 0.376. The highest BCUT2D eigenvalue weighted by Gasteiger charge is 2.35. The molecule has 0 saturated heterocycles. The van der Waals surface area contributed by atoms with E-state index in [9.17, 15) is 8.42 Å². The number of hydrogen-bond donors (Lipinski definition) is 0. The molecule has 0 amide bonds. The summed E-state index contributed by atoms with van der Waals surface area (Å²) in [6.45, 7) is 0.976. The Bertz CT molecular complexity index is 1300. The Kier molecular flexibility index (Phi) is 7.08. The van der Waals surface area contributed by atoms with Crippen LogP contribution in [0.5, 0.6) is 11.5 Å². The van der Waals surface area contributed by atoms with Gasteiger partial charge in [-0.1, -0.05) is 17.7 Å². The maximum atomic E-state index is 13.5. The molecule has 3 aromatic rings. The van der Waals surface area contributed by atoms with Crippen LogP contribution in [-0.2, 0) is 31.7 Å². The van der Waals surface area contributed by atoms with Gasteiger partial charge >= 0.3 is 0 Å². The van der Waals surface area contributed by atoms with E-state index in [0.717, 1.165) is 0 Å². The van der Waals surface area contributed by atoms with E-state index in [2.05, 4.69) is 20.2 Å². The Hall–Kier alpha value is -2.80. The number of halogens is 1. The molecular weight excluding hydrogens is 486 g/mol. The van der Waals surface area contributed by atoms with Crippen molar-refractivity contribution in [1.82, 2.24) is 24.7 Å². The van der Waals surface area contributed by atoms with Crippen molar-refractivity contribution in [3.05, 3.63) is 53.1 Å². The highest BCUT2D eigenvalue weighted by molar-refractivity contribution is 7.91. The Morgan fingerprint density at radius 1 is 1.09 bits per heavy atom. The fourth-order valence-electron chi connectivity index (χ4n) is 3.39. The molecule has 3 rings (SSSR count). The standard InChI is InChI=1S/C21H26ClN5O6S/c1-13(20(33-5)21-23-9-14(22)10-24-21)34(28,29)12-18-26-25-17(11-30-2)27(18)19-15(31-3)7-6-8-16(19)32-4/h6-10,13,20H,11-12H2,1-5H3/t13-,20-/m0/s1/i2D3. The van der Waals surface area contributed by atoms with Gasteiger partial charge < -0.3 is 18.9 Å². The van der Waals surface area contributed by atoms with Crippen molar-refractivity contribution in [2.45, 2.75) is 30.6 Å². The van der Waals surface area contributed by atoms with Gasteiger partial charge in [0.15, 0.2) is 27.3 Å². The van der Waals surface area contributed by atoms with Crippen LogP contribution in [-0.4, -0.2) is 66.8 Å². The van der Waals surface area contributed by atoms with E-state index in [1.807, 2.05) is 0 Å².